The van der Waals surface area contributed by atoms with Crippen molar-refractivity contribution in [2.75, 3.05) is 13.2 Å². The third-order valence-electron chi connectivity index (χ3n) is 3.03. The Morgan fingerprint density at radius 1 is 1.44 bits per heavy atom. The Morgan fingerprint density at radius 3 is 3.19 bits per heavy atom. The fraction of sp³-hybridized carbons (Fsp3) is 0.692. The van der Waals surface area contributed by atoms with Crippen LogP contribution >= 0.6 is 11.3 Å². The van der Waals surface area contributed by atoms with Crippen molar-refractivity contribution in [1.29, 1.82) is 0 Å². The van der Waals surface area contributed by atoms with Crippen LogP contribution in [-0.4, -0.2) is 19.3 Å². The summed E-state index contributed by atoms with van der Waals surface area (Å²) in [5.74, 6) is 0. The maximum atomic E-state index is 5.70. The van der Waals surface area contributed by atoms with Gasteiger partial charge in [-0.05, 0) is 50.1 Å². The molecule has 1 fully saturated rings. The van der Waals surface area contributed by atoms with Gasteiger partial charge in [0.05, 0.1) is 6.10 Å². The van der Waals surface area contributed by atoms with Crippen molar-refractivity contribution in [2.24, 2.45) is 0 Å². The van der Waals surface area contributed by atoms with E-state index in [-0.39, 0.29) is 0 Å². The van der Waals surface area contributed by atoms with Gasteiger partial charge in [0.25, 0.3) is 0 Å². The average molecular weight is 239 g/mol. The van der Waals surface area contributed by atoms with E-state index in [2.05, 4.69) is 22.8 Å². The zero-order valence-electron chi connectivity index (χ0n) is 9.78. The summed E-state index contributed by atoms with van der Waals surface area (Å²) in [4.78, 5) is 1.42. The first kappa shape index (κ1) is 12.1. The third kappa shape index (κ3) is 4.24. The summed E-state index contributed by atoms with van der Waals surface area (Å²) in [7, 11) is 0. The Kier molecular flexibility index (Phi) is 5.32. The number of nitrogens with one attached hydrogen (secondary N) is 1. The second-order valence-corrected chi connectivity index (χ2v) is 5.42. The molecule has 0 aliphatic carbocycles. The van der Waals surface area contributed by atoms with Gasteiger partial charge < -0.3 is 10.1 Å². The standard InChI is InChI=1S/C13H21NOS/c1-2-9-15-12(5-1)6-3-8-14-11-13-7-4-10-16-13/h4,7,10,12,14H,1-3,5-6,8-9,11H2. The molecule has 1 atom stereocenters. The minimum absolute atomic E-state index is 0.539. The Hall–Kier alpha value is -0.380. The molecule has 16 heavy (non-hydrogen) atoms. The van der Waals surface area contributed by atoms with E-state index >= 15 is 0 Å². The van der Waals surface area contributed by atoms with E-state index in [0.717, 1.165) is 19.7 Å². The van der Waals surface area contributed by atoms with Gasteiger partial charge in [-0.2, -0.15) is 0 Å². The Bertz CT molecular complexity index is 267. The maximum Gasteiger partial charge on any atom is 0.0575 e. The Balaban J connectivity index is 1.48. The van der Waals surface area contributed by atoms with Gasteiger partial charge in [0.15, 0.2) is 0 Å². The number of ether oxygens (including phenoxy) is 1. The van der Waals surface area contributed by atoms with Crippen LogP contribution in [0.15, 0.2) is 17.5 Å². The topological polar surface area (TPSA) is 21.3 Å². The lowest BCUT2D eigenvalue weighted by Gasteiger charge is -2.22. The van der Waals surface area contributed by atoms with E-state index < -0.39 is 0 Å². The van der Waals surface area contributed by atoms with Gasteiger partial charge in [-0.25, -0.2) is 0 Å². The zero-order chi connectivity index (χ0) is 11.1. The van der Waals surface area contributed by atoms with Gasteiger partial charge in [-0.15, -0.1) is 11.3 Å². The lowest BCUT2D eigenvalue weighted by molar-refractivity contribution is 0.0102. The Labute approximate surface area is 102 Å². The van der Waals surface area contributed by atoms with Crippen LogP contribution in [0.4, 0.5) is 0 Å². The molecule has 0 radical (unpaired) electrons. The summed E-state index contributed by atoms with van der Waals surface area (Å²) in [6.07, 6.45) is 6.87. The highest BCUT2D eigenvalue weighted by Crippen LogP contribution is 2.16. The first-order chi connectivity index (χ1) is 7.95. The first-order valence-electron chi connectivity index (χ1n) is 6.30. The second-order valence-electron chi connectivity index (χ2n) is 4.39. The van der Waals surface area contributed by atoms with Gasteiger partial charge in [-0.3, -0.25) is 0 Å². The molecule has 0 spiro atoms. The molecule has 2 heterocycles. The highest BCUT2D eigenvalue weighted by atomic mass is 32.1. The number of hydrogen-bond acceptors (Lipinski definition) is 3. The van der Waals surface area contributed by atoms with Crippen LogP contribution in [0.2, 0.25) is 0 Å². The summed E-state index contributed by atoms with van der Waals surface area (Å²) < 4.78 is 5.70. The van der Waals surface area contributed by atoms with Crippen molar-refractivity contribution < 1.29 is 4.74 Å². The van der Waals surface area contributed by atoms with E-state index in [9.17, 15) is 0 Å². The molecule has 1 aromatic rings. The highest BCUT2D eigenvalue weighted by molar-refractivity contribution is 7.09. The molecule has 2 nitrogen and oxygen atoms in total. The monoisotopic (exact) mass is 239 g/mol. The molecule has 2 rings (SSSR count). The number of thiophene rings is 1. The number of rotatable bonds is 6. The predicted octanol–water partition coefficient (Wildman–Crippen LogP) is 3.19. The number of hydrogen-bond donors (Lipinski definition) is 1. The minimum Gasteiger partial charge on any atom is -0.378 e. The lowest BCUT2D eigenvalue weighted by atomic mass is 10.0. The largest absolute Gasteiger partial charge is 0.378 e. The highest BCUT2D eigenvalue weighted by Gasteiger charge is 2.12. The molecule has 0 bridgehead atoms. The summed E-state index contributed by atoms with van der Waals surface area (Å²) >= 11 is 1.82. The summed E-state index contributed by atoms with van der Waals surface area (Å²) in [5, 5.41) is 5.61. The molecule has 1 aliphatic rings. The van der Waals surface area contributed by atoms with Crippen LogP contribution in [-0.2, 0) is 11.3 Å². The van der Waals surface area contributed by atoms with E-state index in [4.69, 9.17) is 4.74 Å². The predicted molar refractivity (Wildman–Crippen MR) is 68.9 cm³/mol. The normalized spacial score (nSPS) is 21.1. The van der Waals surface area contributed by atoms with Gasteiger partial charge >= 0.3 is 0 Å². The molecule has 1 aliphatic heterocycles. The third-order valence-corrected chi connectivity index (χ3v) is 3.91. The quantitative estimate of drug-likeness (QED) is 0.770. The van der Waals surface area contributed by atoms with E-state index in [1.54, 1.807) is 0 Å². The molecule has 1 aromatic heterocycles. The van der Waals surface area contributed by atoms with Crippen molar-refractivity contribution in [1.82, 2.24) is 5.32 Å². The molecule has 0 saturated carbocycles. The van der Waals surface area contributed by atoms with Gasteiger partial charge in [0.1, 0.15) is 0 Å². The van der Waals surface area contributed by atoms with E-state index in [1.165, 1.54) is 37.0 Å². The fourth-order valence-corrected chi connectivity index (χ4v) is 2.79. The Morgan fingerprint density at radius 2 is 2.44 bits per heavy atom. The van der Waals surface area contributed by atoms with Gasteiger partial charge in [0, 0.05) is 18.0 Å². The van der Waals surface area contributed by atoms with Crippen LogP contribution in [0.3, 0.4) is 0 Å². The van der Waals surface area contributed by atoms with Gasteiger partial charge in [0.2, 0.25) is 0 Å². The van der Waals surface area contributed by atoms with Crippen LogP contribution in [0.1, 0.15) is 37.0 Å². The molecule has 1 unspecified atom stereocenters. The average Bonchev–Trinajstić information content (AvgIpc) is 2.83. The van der Waals surface area contributed by atoms with E-state index in [0.29, 0.717) is 6.10 Å². The van der Waals surface area contributed by atoms with Crippen molar-refractivity contribution in [2.45, 2.75) is 44.8 Å². The molecule has 90 valence electrons. The maximum absolute atomic E-state index is 5.70. The molecule has 1 N–H and O–H groups in total. The van der Waals surface area contributed by atoms with Crippen molar-refractivity contribution in [3.63, 3.8) is 0 Å². The zero-order valence-corrected chi connectivity index (χ0v) is 10.6. The van der Waals surface area contributed by atoms with Crippen molar-refractivity contribution in [3.8, 4) is 0 Å². The van der Waals surface area contributed by atoms with Crippen LogP contribution in [0.25, 0.3) is 0 Å². The molecular weight excluding hydrogens is 218 g/mol. The summed E-state index contributed by atoms with van der Waals surface area (Å²) in [6, 6.07) is 4.29. The van der Waals surface area contributed by atoms with Gasteiger partial charge in [-0.1, -0.05) is 6.07 Å². The second kappa shape index (κ2) is 7.05. The SMILES string of the molecule is c1csc(CNCCCC2CCCCO2)c1. The molecule has 0 amide bonds. The fourth-order valence-electron chi connectivity index (χ4n) is 2.11. The minimum atomic E-state index is 0.539. The molecular formula is C13H21NOS. The van der Waals surface area contributed by atoms with Crippen LogP contribution < -0.4 is 5.32 Å². The first-order valence-corrected chi connectivity index (χ1v) is 7.18. The lowest BCUT2D eigenvalue weighted by Crippen LogP contribution is -2.21. The van der Waals surface area contributed by atoms with Crippen molar-refractivity contribution in [3.05, 3.63) is 22.4 Å². The molecule has 1 saturated heterocycles. The van der Waals surface area contributed by atoms with Crippen LogP contribution in [0, 0.1) is 0 Å². The molecule has 0 aromatic carbocycles. The molecule has 3 heteroatoms. The smallest absolute Gasteiger partial charge is 0.0575 e. The van der Waals surface area contributed by atoms with Crippen molar-refractivity contribution >= 4 is 11.3 Å². The van der Waals surface area contributed by atoms with E-state index in [1.807, 2.05) is 11.3 Å². The summed E-state index contributed by atoms with van der Waals surface area (Å²) in [6.45, 7) is 3.11. The summed E-state index contributed by atoms with van der Waals surface area (Å²) in [5.41, 5.74) is 0. The van der Waals surface area contributed by atoms with Crippen LogP contribution in [0.5, 0.6) is 0 Å².